The van der Waals surface area contributed by atoms with Gasteiger partial charge in [0.1, 0.15) is 5.82 Å². The smallest absolute Gasteiger partial charge is 0.133 e. The van der Waals surface area contributed by atoms with E-state index in [1.165, 1.54) is 24.1 Å². The number of rotatable bonds is 4. The molecule has 4 nitrogen and oxygen atoms in total. The molecule has 1 aromatic heterocycles. The Kier molecular flexibility index (Phi) is 4.66. The molecule has 0 saturated heterocycles. The van der Waals surface area contributed by atoms with E-state index < -0.39 is 0 Å². The van der Waals surface area contributed by atoms with Crippen molar-refractivity contribution in [3.63, 3.8) is 0 Å². The lowest BCUT2D eigenvalue weighted by Crippen LogP contribution is -2.07. The van der Waals surface area contributed by atoms with Gasteiger partial charge in [-0.15, -0.1) is 0 Å². The number of nitriles is 1. The van der Waals surface area contributed by atoms with Gasteiger partial charge >= 0.3 is 0 Å². The van der Waals surface area contributed by atoms with Crippen LogP contribution in [0.25, 0.3) is 5.69 Å². The molecule has 1 N–H and O–H groups in total. The first kappa shape index (κ1) is 15.6. The summed E-state index contributed by atoms with van der Waals surface area (Å²) in [6, 6.07) is 9.85. The van der Waals surface area contributed by atoms with Gasteiger partial charge in [0.2, 0.25) is 0 Å². The van der Waals surface area contributed by atoms with Crippen LogP contribution < -0.4 is 5.32 Å². The van der Waals surface area contributed by atoms with Crippen molar-refractivity contribution in [2.45, 2.75) is 51.9 Å². The first-order chi connectivity index (χ1) is 11.3. The predicted molar refractivity (Wildman–Crippen MR) is 93.0 cm³/mol. The van der Waals surface area contributed by atoms with E-state index in [-0.39, 0.29) is 0 Å². The molecule has 23 heavy (non-hydrogen) atoms. The largest absolute Gasteiger partial charge is 0.370 e. The molecule has 0 unspecified atom stereocenters. The van der Waals surface area contributed by atoms with Crippen LogP contribution in [-0.2, 0) is 6.42 Å². The SMILES string of the molecule is CCC(CC)c1nn(-c2ccc(C#N)cc2)c2c1CCCCN2. The van der Waals surface area contributed by atoms with Crippen LogP contribution >= 0.6 is 0 Å². The number of fused-ring (bicyclic) bond motifs is 1. The molecule has 0 amide bonds. The van der Waals surface area contributed by atoms with Crippen LogP contribution in [0, 0.1) is 11.3 Å². The molecule has 0 radical (unpaired) electrons. The molecule has 0 spiro atoms. The summed E-state index contributed by atoms with van der Waals surface area (Å²) in [5.41, 5.74) is 4.34. The molecule has 0 saturated carbocycles. The number of hydrogen-bond acceptors (Lipinski definition) is 3. The Balaban J connectivity index is 2.10. The molecule has 4 heteroatoms. The Labute approximate surface area is 138 Å². The van der Waals surface area contributed by atoms with Crippen LogP contribution in [-0.4, -0.2) is 16.3 Å². The lowest BCUT2D eigenvalue weighted by atomic mass is 9.94. The summed E-state index contributed by atoms with van der Waals surface area (Å²) in [4.78, 5) is 0. The molecule has 1 aliphatic heterocycles. The lowest BCUT2D eigenvalue weighted by molar-refractivity contribution is 0.605. The second-order valence-corrected chi connectivity index (χ2v) is 6.18. The van der Waals surface area contributed by atoms with Crippen molar-refractivity contribution in [2.24, 2.45) is 0 Å². The van der Waals surface area contributed by atoms with Crippen molar-refractivity contribution in [3.05, 3.63) is 41.1 Å². The van der Waals surface area contributed by atoms with Crippen molar-refractivity contribution >= 4 is 5.82 Å². The highest BCUT2D eigenvalue weighted by Crippen LogP contribution is 2.34. The molecule has 3 rings (SSSR count). The molecule has 2 heterocycles. The van der Waals surface area contributed by atoms with Gasteiger partial charge in [0.15, 0.2) is 0 Å². The second kappa shape index (κ2) is 6.87. The minimum Gasteiger partial charge on any atom is -0.370 e. The highest BCUT2D eigenvalue weighted by Gasteiger charge is 2.24. The fourth-order valence-electron chi connectivity index (χ4n) is 3.40. The van der Waals surface area contributed by atoms with Crippen molar-refractivity contribution in [1.29, 1.82) is 5.26 Å². The van der Waals surface area contributed by atoms with Crippen molar-refractivity contribution in [1.82, 2.24) is 9.78 Å². The zero-order chi connectivity index (χ0) is 16.2. The summed E-state index contributed by atoms with van der Waals surface area (Å²) in [7, 11) is 0. The van der Waals surface area contributed by atoms with Gasteiger partial charge in [0, 0.05) is 18.0 Å². The third-order valence-corrected chi connectivity index (χ3v) is 4.77. The second-order valence-electron chi connectivity index (χ2n) is 6.18. The topological polar surface area (TPSA) is 53.6 Å². The van der Waals surface area contributed by atoms with E-state index in [9.17, 15) is 0 Å². The monoisotopic (exact) mass is 308 g/mol. The summed E-state index contributed by atoms with van der Waals surface area (Å²) in [6.45, 7) is 5.48. The highest BCUT2D eigenvalue weighted by molar-refractivity contribution is 5.55. The van der Waals surface area contributed by atoms with Gasteiger partial charge < -0.3 is 5.32 Å². The summed E-state index contributed by atoms with van der Waals surface area (Å²) >= 11 is 0. The first-order valence-electron chi connectivity index (χ1n) is 8.64. The standard InChI is InChI=1S/C19H24N4/c1-3-15(4-2)18-17-7-5-6-12-21-19(17)23(22-18)16-10-8-14(13-20)9-11-16/h8-11,15,21H,3-7,12H2,1-2H3. The number of hydrogen-bond donors (Lipinski definition) is 1. The van der Waals surface area contributed by atoms with Gasteiger partial charge in [-0.3, -0.25) is 0 Å². The van der Waals surface area contributed by atoms with Crippen molar-refractivity contribution in [2.75, 3.05) is 11.9 Å². The predicted octanol–water partition coefficient (Wildman–Crippen LogP) is 4.40. The molecule has 0 bridgehead atoms. The molecule has 2 aromatic rings. The van der Waals surface area contributed by atoms with E-state index in [1.54, 1.807) is 0 Å². The summed E-state index contributed by atoms with van der Waals surface area (Å²) in [5, 5.41) is 17.5. The zero-order valence-corrected chi connectivity index (χ0v) is 14.0. The van der Waals surface area contributed by atoms with E-state index in [2.05, 4.69) is 25.2 Å². The molecule has 0 fully saturated rings. The van der Waals surface area contributed by atoms with E-state index in [0.717, 1.165) is 37.3 Å². The van der Waals surface area contributed by atoms with Crippen LogP contribution in [0.5, 0.6) is 0 Å². The molecule has 0 atom stereocenters. The molecular formula is C19H24N4. The Hall–Kier alpha value is -2.28. The Bertz CT molecular complexity index is 702. The van der Waals surface area contributed by atoms with E-state index in [1.807, 2.05) is 28.9 Å². The van der Waals surface area contributed by atoms with Crippen molar-refractivity contribution < 1.29 is 0 Å². The lowest BCUT2D eigenvalue weighted by Gasteiger charge is -2.11. The fraction of sp³-hybridized carbons (Fsp3) is 0.474. The van der Waals surface area contributed by atoms with Crippen LogP contribution in [0.3, 0.4) is 0 Å². The first-order valence-corrected chi connectivity index (χ1v) is 8.64. The van der Waals surface area contributed by atoms with Gasteiger partial charge in [-0.25, -0.2) is 4.68 Å². The highest BCUT2D eigenvalue weighted by atomic mass is 15.3. The van der Waals surface area contributed by atoms with E-state index in [4.69, 9.17) is 10.4 Å². The zero-order valence-electron chi connectivity index (χ0n) is 14.0. The van der Waals surface area contributed by atoms with Crippen LogP contribution in [0.2, 0.25) is 0 Å². The maximum Gasteiger partial charge on any atom is 0.133 e. The van der Waals surface area contributed by atoms with Crippen LogP contribution in [0.15, 0.2) is 24.3 Å². The number of anilines is 1. The van der Waals surface area contributed by atoms with Crippen molar-refractivity contribution in [3.8, 4) is 11.8 Å². The maximum absolute atomic E-state index is 8.98. The van der Waals surface area contributed by atoms with Gasteiger partial charge in [0.25, 0.3) is 0 Å². The van der Waals surface area contributed by atoms with Gasteiger partial charge in [-0.05, 0) is 56.4 Å². The minimum absolute atomic E-state index is 0.517. The molecular weight excluding hydrogens is 284 g/mol. The van der Waals surface area contributed by atoms with Gasteiger partial charge in [-0.2, -0.15) is 10.4 Å². The normalized spacial score (nSPS) is 14.0. The quantitative estimate of drug-likeness (QED) is 0.911. The van der Waals surface area contributed by atoms with Gasteiger partial charge in [0.05, 0.1) is 23.0 Å². The number of benzene rings is 1. The number of nitrogens with zero attached hydrogens (tertiary/aromatic N) is 3. The maximum atomic E-state index is 8.98. The van der Waals surface area contributed by atoms with E-state index >= 15 is 0 Å². The Morgan fingerprint density at radius 2 is 1.96 bits per heavy atom. The van der Waals surface area contributed by atoms with Crippen LogP contribution in [0.4, 0.5) is 5.82 Å². The third-order valence-electron chi connectivity index (χ3n) is 4.77. The fourth-order valence-corrected chi connectivity index (χ4v) is 3.40. The molecule has 1 aromatic carbocycles. The number of nitrogens with one attached hydrogen (secondary N) is 1. The Morgan fingerprint density at radius 3 is 2.61 bits per heavy atom. The molecule has 1 aliphatic rings. The van der Waals surface area contributed by atoms with Gasteiger partial charge in [-0.1, -0.05) is 13.8 Å². The van der Waals surface area contributed by atoms with E-state index in [0.29, 0.717) is 11.5 Å². The average Bonchev–Trinajstić information content (AvgIpc) is 2.79. The molecule has 120 valence electrons. The third kappa shape index (κ3) is 2.96. The minimum atomic E-state index is 0.517. The summed E-state index contributed by atoms with van der Waals surface area (Å²) in [5.74, 6) is 1.66. The number of aromatic nitrogens is 2. The summed E-state index contributed by atoms with van der Waals surface area (Å²) in [6.07, 6.45) is 5.75. The van der Waals surface area contributed by atoms with Crippen LogP contribution in [0.1, 0.15) is 62.3 Å². The molecule has 0 aliphatic carbocycles. The average molecular weight is 308 g/mol. The Morgan fingerprint density at radius 1 is 1.22 bits per heavy atom. The summed E-state index contributed by atoms with van der Waals surface area (Å²) < 4.78 is 2.04.